The monoisotopic (exact) mass is 313 g/mol. The van der Waals surface area contributed by atoms with Crippen LogP contribution in [-0.2, 0) is 9.53 Å². The second-order valence-corrected chi connectivity index (χ2v) is 6.98. The van der Waals surface area contributed by atoms with E-state index in [1.165, 1.54) is 18.7 Å². The highest BCUT2D eigenvalue weighted by Gasteiger charge is 2.59. The summed E-state index contributed by atoms with van der Waals surface area (Å²) in [5, 5.41) is 0.925. The van der Waals surface area contributed by atoms with Crippen molar-refractivity contribution in [3.63, 3.8) is 0 Å². The van der Waals surface area contributed by atoms with Crippen molar-refractivity contribution in [3.05, 3.63) is 41.8 Å². The van der Waals surface area contributed by atoms with Crippen LogP contribution < -0.4 is 0 Å². The zero-order valence-electron chi connectivity index (χ0n) is 13.2. The Hall–Kier alpha value is -1.97. The molecule has 0 aliphatic heterocycles. The van der Waals surface area contributed by atoms with Gasteiger partial charge in [-0.1, -0.05) is 0 Å². The zero-order valence-corrected chi connectivity index (χ0v) is 13.2. The molecule has 2 aliphatic rings. The van der Waals surface area contributed by atoms with Gasteiger partial charge in [0.05, 0.1) is 18.5 Å². The van der Waals surface area contributed by atoms with E-state index in [-0.39, 0.29) is 23.1 Å². The highest BCUT2D eigenvalue weighted by molar-refractivity contribution is 5.82. The number of esters is 1. The van der Waals surface area contributed by atoms with Crippen molar-refractivity contribution in [3.8, 4) is 0 Å². The van der Waals surface area contributed by atoms with E-state index >= 15 is 0 Å². The number of benzene rings is 1. The lowest BCUT2D eigenvalue weighted by Crippen LogP contribution is -2.19. The number of hydrogen-bond donors (Lipinski definition) is 0. The van der Waals surface area contributed by atoms with Gasteiger partial charge in [-0.3, -0.25) is 9.78 Å². The number of halogens is 1. The Labute approximate surface area is 134 Å². The molecule has 1 heterocycles. The number of carbonyl (C=O) groups excluding carboxylic acids is 1. The molecule has 2 saturated carbocycles. The predicted molar refractivity (Wildman–Crippen MR) is 85.5 cm³/mol. The Morgan fingerprint density at radius 3 is 2.83 bits per heavy atom. The Morgan fingerprint density at radius 2 is 2.09 bits per heavy atom. The lowest BCUT2D eigenvalue weighted by Gasteiger charge is -2.30. The second kappa shape index (κ2) is 5.29. The van der Waals surface area contributed by atoms with E-state index in [0.717, 1.165) is 43.0 Å². The van der Waals surface area contributed by atoms with Crippen LogP contribution in [0.3, 0.4) is 0 Å². The first-order valence-electron chi connectivity index (χ1n) is 8.25. The molecule has 2 fully saturated rings. The summed E-state index contributed by atoms with van der Waals surface area (Å²) in [6, 6.07) is 6.82. The maximum absolute atomic E-state index is 13.6. The van der Waals surface area contributed by atoms with Crippen LogP contribution in [-0.4, -0.2) is 18.1 Å². The third kappa shape index (κ3) is 2.41. The van der Waals surface area contributed by atoms with E-state index in [1.54, 1.807) is 12.1 Å². The van der Waals surface area contributed by atoms with E-state index in [2.05, 4.69) is 4.98 Å². The van der Waals surface area contributed by atoms with Crippen LogP contribution in [0.2, 0.25) is 0 Å². The average molecular weight is 313 g/mol. The minimum absolute atomic E-state index is 0.0557. The number of nitrogens with zero attached hydrogens (tertiary/aromatic N) is 1. The van der Waals surface area contributed by atoms with Crippen molar-refractivity contribution in [2.24, 2.45) is 11.3 Å². The molecule has 23 heavy (non-hydrogen) atoms. The van der Waals surface area contributed by atoms with Crippen molar-refractivity contribution >= 4 is 16.9 Å². The quantitative estimate of drug-likeness (QED) is 0.780. The van der Waals surface area contributed by atoms with Gasteiger partial charge >= 0.3 is 5.97 Å². The lowest BCUT2D eigenvalue weighted by molar-refractivity contribution is -0.143. The molecule has 3 nitrogen and oxygen atoms in total. The van der Waals surface area contributed by atoms with Crippen LogP contribution in [0.25, 0.3) is 10.9 Å². The largest absolute Gasteiger partial charge is 0.469 e. The van der Waals surface area contributed by atoms with E-state index in [0.29, 0.717) is 5.92 Å². The summed E-state index contributed by atoms with van der Waals surface area (Å²) in [7, 11) is 1.47. The van der Waals surface area contributed by atoms with Crippen molar-refractivity contribution in [2.75, 3.05) is 7.11 Å². The molecule has 0 bridgehead atoms. The van der Waals surface area contributed by atoms with Crippen LogP contribution in [0.1, 0.15) is 43.6 Å². The normalized spacial score (nSPS) is 29.7. The molecular formula is C19H20FNO2. The number of rotatable bonds is 2. The van der Waals surface area contributed by atoms with Crippen LogP contribution in [0.15, 0.2) is 30.5 Å². The second-order valence-electron chi connectivity index (χ2n) is 6.98. The van der Waals surface area contributed by atoms with Gasteiger partial charge in [-0.2, -0.15) is 0 Å². The maximum atomic E-state index is 13.6. The fraction of sp³-hybridized carbons (Fsp3) is 0.474. The van der Waals surface area contributed by atoms with Gasteiger partial charge in [-0.15, -0.1) is 0 Å². The van der Waals surface area contributed by atoms with Gasteiger partial charge in [0.25, 0.3) is 0 Å². The first kappa shape index (κ1) is 14.6. The minimum atomic E-state index is -0.216. The summed E-state index contributed by atoms with van der Waals surface area (Å²) in [6.07, 6.45) is 6.98. The summed E-state index contributed by atoms with van der Waals surface area (Å²) >= 11 is 0. The van der Waals surface area contributed by atoms with Gasteiger partial charge in [-0.25, -0.2) is 4.39 Å². The minimum Gasteiger partial charge on any atom is -0.469 e. The number of fused-ring (bicyclic) bond motifs is 1. The smallest absolute Gasteiger partial charge is 0.309 e. The number of methoxy groups -OCH3 is 1. The summed E-state index contributed by atoms with van der Waals surface area (Å²) in [6.45, 7) is 0. The standard InChI is InChI=1S/C19H20FNO2/c1-23-18(22)16-11-19(16)7-4-12(5-8-19)14-6-9-21-17-3-2-13(20)10-15(14)17/h2-3,6,9-10,12,16H,4-5,7-8,11H2,1H3. The van der Waals surface area contributed by atoms with Crippen LogP contribution in [0, 0.1) is 17.2 Å². The van der Waals surface area contributed by atoms with Crippen LogP contribution >= 0.6 is 0 Å². The summed E-state index contributed by atoms with van der Waals surface area (Å²) in [5.74, 6) is 0.249. The van der Waals surface area contributed by atoms with Gasteiger partial charge < -0.3 is 4.74 Å². The van der Waals surface area contributed by atoms with E-state index < -0.39 is 0 Å². The summed E-state index contributed by atoms with van der Waals surface area (Å²) in [4.78, 5) is 16.1. The Morgan fingerprint density at radius 1 is 1.30 bits per heavy atom. The predicted octanol–water partition coefficient (Wildman–Crippen LogP) is 4.21. The molecular weight excluding hydrogens is 293 g/mol. The molecule has 0 radical (unpaired) electrons. The molecule has 0 N–H and O–H groups in total. The zero-order chi connectivity index (χ0) is 16.0. The molecule has 120 valence electrons. The Balaban J connectivity index is 1.56. The van der Waals surface area contributed by atoms with Gasteiger partial charge in [0.2, 0.25) is 0 Å². The third-order valence-corrected chi connectivity index (χ3v) is 5.83. The third-order valence-electron chi connectivity index (χ3n) is 5.83. The number of ether oxygens (including phenoxy) is 1. The van der Waals surface area contributed by atoms with Crippen molar-refractivity contribution in [1.29, 1.82) is 0 Å². The summed E-state index contributed by atoms with van der Waals surface area (Å²) < 4.78 is 18.5. The molecule has 1 spiro atoms. The maximum Gasteiger partial charge on any atom is 0.309 e. The van der Waals surface area contributed by atoms with E-state index in [1.807, 2.05) is 12.3 Å². The highest BCUT2D eigenvalue weighted by Crippen LogP contribution is 2.63. The van der Waals surface area contributed by atoms with Crippen molar-refractivity contribution in [1.82, 2.24) is 4.98 Å². The first-order chi connectivity index (χ1) is 11.1. The molecule has 1 unspecified atom stereocenters. The van der Waals surface area contributed by atoms with Gasteiger partial charge in [0.15, 0.2) is 0 Å². The number of aromatic nitrogens is 1. The molecule has 0 saturated heterocycles. The van der Waals surface area contributed by atoms with Gasteiger partial charge in [0.1, 0.15) is 5.82 Å². The van der Waals surface area contributed by atoms with Gasteiger partial charge in [-0.05, 0) is 73.3 Å². The van der Waals surface area contributed by atoms with E-state index in [4.69, 9.17) is 4.74 Å². The SMILES string of the molecule is COC(=O)C1CC12CCC(c1ccnc3ccc(F)cc13)CC2. The average Bonchev–Trinajstić information content (AvgIpc) is 3.28. The molecule has 4 rings (SSSR count). The van der Waals surface area contributed by atoms with E-state index in [9.17, 15) is 9.18 Å². The molecule has 2 aliphatic carbocycles. The summed E-state index contributed by atoms with van der Waals surface area (Å²) in [5.41, 5.74) is 2.22. The molecule has 1 aromatic carbocycles. The fourth-order valence-corrected chi connectivity index (χ4v) is 4.38. The topological polar surface area (TPSA) is 39.2 Å². The fourth-order valence-electron chi connectivity index (χ4n) is 4.38. The van der Waals surface area contributed by atoms with Crippen molar-refractivity contribution < 1.29 is 13.9 Å². The number of hydrogen-bond acceptors (Lipinski definition) is 3. The molecule has 4 heteroatoms. The number of carbonyl (C=O) groups is 1. The molecule has 1 atom stereocenters. The first-order valence-corrected chi connectivity index (χ1v) is 8.25. The molecule has 0 amide bonds. The molecule has 2 aromatic rings. The number of pyridine rings is 1. The Kier molecular flexibility index (Phi) is 3.36. The van der Waals surface area contributed by atoms with Crippen LogP contribution in [0.4, 0.5) is 4.39 Å². The van der Waals surface area contributed by atoms with Crippen molar-refractivity contribution in [2.45, 2.75) is 38.0 Å². The van der Waals surface area contributed by atoms with Crippen LogP contribution in [0.5, 0.6) is 0 Å². The highest BCUT2D eigenvalue weighted by atomic mass is 19.1. The molecule has 1 aromatic heterocycles. The van der Waals surface area contributed by atoms with Gasteiger partial charge in [0, 0.05) is 11.6 Å². The Bertz CT molecular complexity index is 765. The lowest BCUT2D eigenvalue weighted by atomic mass is 9.75.